The van der Waals surface area contributed by atoms with E-state index in [1.165, 1.54) is 0 Å². The van der Waals surface area contributed by atoms with Gasteiger partial charge in [0.1, 0.15) is 5.82 Å². The maximum atomic E-state index is 4.71. The molecule has 0 unspecified atom stereocenters. The third-order valence-electron chi connectivity index (χ3n) is 3.97. The summed E-state index contributed by atoms with van der Waals surface area (Å²) in [5.41, 5.74) is 2.95. The molecule has 0 bridgehead atoms. The number of anilines is 3. The van der Waals surface area contributed by atoms with Gasteiger partial charge in [-0.3, -0.25) is 0 Å². The zero-order valence-electron chi connectivity index (χ0n) is 14.4. The minimum Gasteiger partial charge on any atom is -0.357 e. The third-order valence-corrected chi connectivity index (χ3v) is 4.50. The lowest BCUT2D eigenvalue weighted by Crippen LogP contribution is -2.23. The molecule has 0 spiro atoms. The lowest BCUT2D eigenvalue weighted by molar-refractivity contribution is 0.843. The number of halogens is 1. The second-order valence-electron chi connectivity index (χ2n) is 5.61. The molecule has 1 aromatic heterocycles. The van der Waals surface area contributed by atoms with E-state index >= 15 is 0 Å². The molecule has 0 fully saturated rings. The molecule has 0 aliphatic carbocycles. The van der Waals surface area contributed by atoms with Gasteiger partial charge in [-0.2, -0.15) is 4.98 Å². The summed E-state index contributed by atoms with van der Waals surface area (Å²) in [6, 6.07) is 20.2. The summed E-state index contributed by atoms with van der Waals surface area (Å²) in [5.74, 6) is 1.53. The minimum atomic E-state index is 0.602. The van der Waals surface area contributed by atoms with Crippen molar-refractivity contribution in [3.8, 4) is 11.3 Å². The van der Waals surface area contributed by atoms with Crippen LogP contribution < -0.4 is 10.2 Å². The van der Waals surface area contributed by atoms with Gasteiger partial charge in [-0.1, -0.05) is 46.3 Å². The van der Waals surface area contributed by atoms with E-state index in [0.717, 1.165) is 40.3 Å². The van der Waals surface area contributed by atoms with Crippen LogP contribution in [0.3, 0.4) is 0 Å². The van der Waals surface area contributed by atoms with Crippen molar-refractivity contribution in [3.05, 3.63) is 65.1 Å². The van der Waals surface area contributed by atoms with Gasteiger partial charge in [0, 0.05) is 34.9 Å². The summed E-state index contributed by atoms with van der Waals surface area (Å²) >= 11 is 3.46. The Hall–Kier alpha value is -2.40. The Morgan fingerprint density at radius 1 is 0.920 bits per heavy atom. The van der Waals surface area contributed by atoms with Crippen molar-refractivity contribution < 1.29 is 0 Å². The van der Waals surface area contributed by atoms with Crippen molar-refractivity contribution in [2.75, 3.05) is 23.3 Å². The first-order valence-electron chi connectivity index (χ1n) is 8.41. The first-order valence-corrected chi connectivity index (χ1v) is 9.21. The number of aromatic nitrogens is 2. The Morgan fingerprint density at radius 2 is 1.60 bits per heavy atom. The zero-order valence-corrected chi connectivity index (χ0v) is 16.0. The van der Waals surface area contributed by atoms with Gasteiger partial charge >= 0.3 is 0 Å². The lowest BCUT2D eigenvalue weighted by atomic mass is 10.1. The van der Waals surface area contributed by atoms with Crippen LogP contribution in [0.25, 0.3) is 11.3 Å². The maximum absolute atomic E-state index is 4.71. The van der Waals surface area contributed by atoms with E-state index in [4.69, 9.17) is 9.97 Å². The van der Waals surface area contributed by atoms with Crippen LogP contribution in [0.1, 0.15) is 13.8 Å². The molecule has 1 heterocycles. The first-order chi connectivity index (χ1) is 12.2. The average molecular weight is 397 g/mol. The molecule has 4 nitrogen and oxygen atoms in total. The number of nitrogens with zero attached hydrogens (tertiary/aromatic N) is 3. The molecule has 0 saturated heterocycles. The highest BCUT2D eigenvalue weighted by Gasteiger charge is 2.11. The van der Waals surface area contributed by atoms with Crippen LogP contribution in [0.4, 0.5) is 17.5 Å². The molecule has 0 aliphatic rings. The summed E-state index contributed by atoms with van der Waals surface area (Å²) in [6.07, 6.45) is 0. The van der Waals surface area contributed by atoms with Gasteiger partial charge in [-0.25, -0.2) is 4.98 Å². The highest BCUT2D eigenvalue weighted by atomic mass is 79.9. The smallest absolute Gasteiger partial charge is 0.229 e. The monoisotopic (exact) mass is 396 g/mol. The first kappa shape index (κ1) is 17.4. The number of benzene rings is 2. The van der Waals surface area contributed by atoms with Gasteiger partial charge in [0.2, 0.25) is 5.95 Å². The fraction of sp³-hybridized carbons (Fsp3) is 0.200. The molecular weight excluding hydrogens is 376 g/mol. The van der Waals surface area contributed by atoms with Crippen LogP contribution in [0.5, 0.6) is 0 Å². The Morgan fingerprint density at radius 3 is 2.24 bits per heavy atom. The van der Waals surface area contributed by atoms with E-state index in [-0.39, 0.29) is 0 Å². The van der Waals surface area contributed by atoms with E-state index in [9.17, 15) is 0 Å². The number of hydrogen-bond acceptors (Lipinski definition) is 4. The molecule has 0 radical (unpaired) electrons. The van der Waals surface area contributed by atoms with E-state index in [1.807, 2.05) is 42.5 Å². The summed E-state index contributed by atoms with van der Waals surface area (Å²) < 4.78 is 1.04. The van der Waals surface area contributed by atoms with Crippen molar-refractivity contribution in [1.82, 2.24) is 9.97 Å². The van der Waals surface area contributed by atoms with Gasteiger partial charge in [0.05, 0.1) is 5.69 Å². The summed E-state index contributed by atoms with van der Waals surface area (Å²) in [7, 11) is 0. The quantitative estimate of drug-likeness (QED) is 0.597. The fourth-order valence-electron chi connectivity index (χ4n) is 2.62. The van der Waals surface area contributed by atoms with Crippen molar-refractivity contribution in [1.29, 1.82) is 0 Å². The lowest BCUT2D eigenvalue weighted by Gasteiger charge is -2.21. The Bertz CT molecular complexity index is 815. The number of hydrogen-bond donors (Lipinski definition) is 1. The normalized spacial score (nSPS) is 10.5. The molecule has 1 N–H and O–H groups in total. The zero-order chi connectivity index (χ0) is 17.6. The minimum absolute atomic E-state index is 0.602. The SMILES string of the molecule is CCN(CC)c1cc(-c2ccccc2)nc(Nc2ccc(Br)cc2)n1. The standard InChI is InChI=1S/C20H21BrN4/c1-3-25(4-2)19-14-18(15-8-6-5-7-9-15)23-20(24-19)22-17-12-10-16(21)11-13-17/h5-14H,3-4H2,1-2H3,(H,22,23,24). The van der Waals surface area contributed by atoms with E-state index in [1.54, 1.807) is 0 Å². The molecule has 0 saturated carbocycles. The molecule has 2 aromatic carbocycles. The molecule has 0 amide bonds. The maximum Gasteiger partial charge on any atom is 0.229 e. The Balaban J connectivity index is 2.01. The fourth-order valence-corrected chi connectivity index (χ4v) is 2.88. The number of rotatable bonds is 6. The summed E-state index contributed by atoms with van der Waals surface area (Å²) in [4.78, 5) is 11.6. The summed E-state index contributed by atoms with van der Waals surface area (Å²) in [5, 5.41) is 3.32. The van der Waals surface area contributed by atoms with Gasteiger partial charge in [-0.15, -0.1) is 0 Å². The van der Waals surface area contributed by atoms with Crippen LogP contribution in [0.2, 0.25) is 0 Å². The molecule has 0 atom stereocenters. The molecular formula is C20H21BrN4. The second kappa shape index (κ2) is 8.12. The van der Waals surface area contributed by atoms with E-state index < -0.39 is 0 Å². The topological polar surface area (TPSA) is 41.1 Å². The Labute approximate surface area is 157 Å². The van der Waals surface area contributed by atoms with Crippen molar-refractivity contribution in [2.45, 2.75) is 13.8 Å². The van der Waals surface area contributed by atoms with Gasteiger partial charge in [0.15, 0.2) is 0 Å². The number of nitrogens with one attached hydrogen (secondary N) is 1. The summed E-state index contributed by atoms with van der Waals surface area (Å²) in [6.45, 7) is 6.07. The molecule has 3 aromatic rings. The Kier molecular flexibility index (Phi) is 5.66. The van der Waals surface area contributed by atoms with E-state index in [0.29, 0.717) is 5.95 Å². The van der Waals surface area contributed by atoms with Crippen LogP contribution in [0, 0.1) is 0 Å². The van der Waals surface area contributed by atoms with Crippen LogP contribution in [-0.2, 0) is 0 Å². The highest BCUT2D eigenvalue weighted by molar-refractivity contribution is 9.10. The van der Waals surface area contributed by atoms with E-state index in [2.05, 4.69) is 58.2 Å². The van der Waals surface area contributed by atoms with Crippen LogP contribution >= 0.6 is 15.9 Å². The third kappa shape index (κ3) is 4.37. The van der Waals surface area contributed by atoms with Gasteiger partial charge < -0.3 is 10.2 Å². The molecule has 0 aliphatic heterocycles. The average Bonchev–Trinajstić information content (AvgIpc) is 2.65. The van der Waals surface area contributed by atoms with Gasteiger partial charge in [-0.05, 0) is 38.1 Å². The van der Waals surface area contributed by atoms with Crippen molar-refractivity contribution in [2.24, 2.45) is 0 Å². The molecule has 128 valence electrons. The van der Waals surface area contributed by atoms with Gasteiger partial charge in [0.25, 0.3) is 0 Å². The molecule has 25 heavy (non-hydrogen) atoms. The van der Waals surface area contributed by atoms with Crippen molar-refractivity contribution in [3.63, 3.8) is 0 Å². The predicted molar refractivity (Wildman–Crippen MR) is 108 cm³/mol. The highest BCUT2D eigenvalue weighted by Crippen LogP contribution is 2.25. The predicted octanol–water partition coefficient (Wildman–Crippen LogP) is 5.50. The molecule has 5 heteroatoms. The van der Waals surface area contributed by atoms with Crippen LogP contribution in [0.15, 0.2) is 65.1 Å². The van der Waals surface area contributed by atoms with Crippen molar-refractivity contribution >= 4 is 33.4 Å². The van der Waals surface area contributed by atoms with Crippen LogP contribution in [-0.4, -0.2) is 23.1 Å². The largest absolute Gasteiger partial charge is 0.357 e. The molecule has 3 rings (SSSR count). The second-order valence-corrected chi connectivity index (χ2v) is 6.52.